The number of hydrogen-bond donors (Lipinski definition) is 0. The molecule has 0 aliphatic carbocycles. The molecular weight excluding hydrogens is 3010 g/mol. The van der Waals surface area contributed by atoms with E-state index in [9.17, 15) is 0 Å². The van der Waals surface area contributed by atoms with Gasteiger partial charge >= 0.3 is 0 Å². The van der Waals surface area contributed by atoms with E-state index in [1.165, 1.54) is 0 Å². The van der Waals surface area contributed by atoms with Crippen LogP contribution in [0.1, 0.15) is 0 Å². The van der Waals surface area contributed by atoms with Gasteiger partial charge in [-0.25, -0.2) is 0 Å². The molecule has 150 valence electrons. The molecule has 0 aromatic rings. The van der Waals surface area contributed by atoms with Crippen molar-refractivity contribution in [1.82, 2.24) is 0 Å². The Kier molecular flexibility index (Phi) is 3030. The van der Waals surface area contributed by atoms with Crippen LogP contribution in [0.2, 0.25) is 0 Å². The number of hydrogen-bond acceptors (Lipinski definition) is 0. The van der Waals surface area contributed by atoms with E-state index in [-0.39, 0.29) is 960 Å². The van der Waals surface area contributed by atoms with Crippen molar-refractivity contribution in [3.05, 3.63) is 0 Å². The van der Waals surface area contributed by atoms with Gasteiger partial charge in [-0.05, 0) is 0 Å². The Labute approximate surface area is 928 Å². The molecule has 0 spiro atoms. The van der Waals surface area contributed by atoms with Crippen LogP contribution in [0.5, 0.6) is 0 Å². The van der Waals surface area contributed by atoms with Crippen LogP contribution in [0.25, 0.3) is 0 Å². The van der Waals surface area contributed by atoms with Gasteiger partial charge in [-0.3, -0.25) is 0 Å². The summed E-state index contributed by atoms with van der Waals surface area (Å²) in [6, 6.07) is 0. The van der Waals surface area contributed by atoms with E-state index in [2.05, 4.69) is 0 Å². The second-order valence-corrected chi connectivity index (χ2v) is 0. The molecule has 0 aliphatic heterocycles. The first-order valence-corrected chi connectivity index (χ1v) is 0. The topological polar surface area (TPSA) is 0 Å². The van der Waals surface area contributed by atoms with Gasteiger partial charge in [-0.1, -0.05) is 0 Å². The van der Waals surface area contributed by atoms with Crippen molar-refractivity contribution in [1.29, 1.82) is 0 Å². The molecule has 0 amide bonds. The Bertz CT molecular complexity index is 32.5. The van der Waals surface area contributed by atoms with Crippen LogP contribution in [-0.4, -0.2) is 174 Å². The van der Waals surface area contributed by atoms with Crippen LogP contribution in [-0.2, 0) is 786 Å². The Morgan fingerprint density at radius 3 is 0.0500 bits per heavy atom. The molecule has 0 rings (SSSR count). The van der Waals surface area contributed by atoms with E-state index in [0.717, 1.165) is 0 Å². The van der Waals surface area contributed by atoms with E-state index in [4.69, 9.17) is 0 Å². The molecule has 0 saturated carbocycles. The van der Waals surface area contributed by atoms with E-state index in [0.29, 0.717) is 0 Å². The summed E-state index contributed by atoms with van der Waals surface area (Å²) in [7, 11) is 0. The SMILES string of the molecule is [Al].[Al].[Al].[Al].[Al].[Al].[Al].[Al].[Al].[Al].[Zr].[Zr].[Zr].[Zr].[Zr].[Zr].[Zr].[Zr].[Zr].[Zr].[Zr].[Zr].[Zr].[Zr].[Zr].[Zr].[Zr].[Zr].[Zr].[Zr].[Zr].[Zr].[Zr].[Zr].[Zr].[Zr].[Zr].[Zr].[Zr].[Zr]. The Morgan fingerprint density at radius 2 is 0.0500 bits per heavy atom. The van der Waals surface area contributed by atoms with Crippen LogP contribution in [0.4, 0.5) is 0 Å². The van der Waals surface area contributed by atoms with Crippen molar-refractivity contribution in [2.75, 3.05) is 0 Å². The molecule has 0 fully saturated rings. The van der Waals surface area contributed by atoms with Crippen molar-refractivity contribution >= 4 is 174 Å². The van der Waals surface area contributed by atoms with Crippen LogP contribution in [0, 0.1) is 0 Å². The first-order valence-electron chi connectivity index (χ1n) is 0. The van der Waals surface area contributed by atoms with E-state index < -0.39 is 0 Å². The zero-order valence-corrected chi connectivity index (χ0v) is 106. The van der Waals surface area contributed by atoms with Crippen LogP contribution in [0.15, 0.2) is 0 Å². The molecule has 0 heterocycles. The summed E-state index contributed by atoms with van der Waals surface area (Å²) >= 11 is 0. The van der Waals surface area contributed by atoms with Gasteiger partial charge in [0.05, 0.1) is 0 Å². The molecule has 0 aliphatic rings. The fraction of sp³-hybridized carbons (Fsp3) is 0. The summed E-state index contributed by atoms with van der Waals surface area (Å²) in [5.41, 5.74) is 0. The predicted molar refractivity (Wildman–Crippen MR) is 57.5 cm³/mol. The summed E-state index contributed by atoms with van der Waals surface area (Å²) in [5, 5.41) is 0. The molecule has 0 saturated heterocycles. The van der Waals surface area contributed by atoms with Gasteiger partial charge in [0.15, 0.2) is 0 Å². The minimum atomic E-state index is 0. The summed E-state index contributed by atoms with van der Waals surface area (Å²) in [6.07, 6.45) is 0. The minimum absolute atomic E-state index is 0. The van der Waals surface area contributed by atoms with Crippen molar-refractivity contribution in [2.45, 2.75) is 0 Å². The average molecular weight is 3010 g/mol. The van der Waals surface area contributed by atoms with Gasteiger partial charge in [0.1, 0.15) is 0 Å². The summed E-state index contributed by atoms with van der Waals surface area (Å²) in [6.45, 7) is 0. The third-order valence-electron chi connectivity index (χ3n) is 0. The Hall–Kier alpha value is 31.8. The van der Waals surface area contributed by atoms with Crippen LogP contribution < -0.4 is 0 Å². The zero-order chi connectivity index (χ0) is 0. The first kappa shape index (κ1) is 356. The van der Waals surface area contributed by atoms with E-state index in [1.54, 1.807) is 0 Å². The van der Waals surface area contributed by atoms with E-state index in [1.807, 2.05) is 0 Å². The predicted octanol–water partition coefficient (Wildman–Crippen LogP) is -3.88. The average Bonchev–Trinajstić information content (AvgIpc) is 0. The molecule has 40 heteroatoms. The monoisotopic (exact) mass is 2970 g/mol. The molecule has 0 bridgehead atoms. The van der Waals surface area contributed by atoms with Gasteiger partial charge in [0.25, 0.3) is 0 Å². The normalized spacial score (nSPS) is 0. The van der Waals surface area contributed by atoms with Crippen LogP contribution >= 0.6 is 0 Å². The van der Waals surface area contributed by atoms with Crippen molar-refractivity contribution < 1.29 is 786 Å². The van der Waals surface area contributed by atoms with Crippen molar-refractivity contribution in [3.8, 4) is 0 Å². The molecule has 30 radical (unpaired) electrons. The number of rotatable bonds is 0. The van der Waals surface area contributed by atoms with Crippen LogP contribution in [0.3, 0.4) is 0 Å². The van der Waals surface area contributed by atoms with Gasteiger partial charge in [0, 0.05) is 960 Å². The molecular formula is Al10Zr30. The van der Waals surface area contributed by atoms with Crippen molar-refractivity contribution in [2.24, 2.45) is 0 Å². The Morgan fingerprint density at radius 1 is 0.0500 bits per heavy atom. The quantitative estimate of drug-likeness (QED) is 0.218. The van der Waals surface area contributed by atoms with Gasteiger partial charge in [-0.2, -0.15) is 0 Å². The van der Waals surface area contributed by atoms with E-state index >= 15 is 0 Å². The summed E-state index contributed by atoms with van der Waals surface area (Å²) < 4.78 is 0. The minimum Gasteiger partial charge on any atom is 0 e. The maximum atomic E-state index is 0. The second kappa shape index (κ2) is 341. The zero-order valence-electron chi connectivity index (χ0n) is 20.8. The third kappa shape index (κ3) is 327. The Balaban J connectivity index is 0. The van der Waals surface area contributed by atoms with Crippen molar-refractivity contribution in [3.63, 3.8) is 0 Å². The largest absolute Gasteiger partial charge is 0 e. The molecule has 0 aromatic heterocycles. The fourth-order valence-corrected chi connectivity index (χ4v) is 0. The molecule has 0 N–H and O–H groups in total. The third-order valence-corrected chi connectivity index (χ3v) is 0. The molecule has 0 aromatic carbocycles. The van der Waals surface area contributed by atoms with Gasteiger partial charge in [-0.15, -0.1) is 0 Å². The molecule has 0 atom stereocenters. The van der Waals surface area contributed by atoms with Gasteiger partial charge in [0.2, 0.25) is 0 Å². The smallest absolute Gasteiger partial charge is 0 e. The summed E-state index contributed by atoms with van der Waals surface area (Å²) in [5.74, 6) is 0. The first-order chi connectivity index (χ1) is 0. The molecule has 40 heavy (non-hydrogen) atoms. The standard InChI is InChI=1S/10Al.30Zr. The maximum absolute atomic E-state index is 0. The molecule has 0 unspecified atom stereocenters. The second-order valence-electron chi connectivity index (χ2n) is 0. The fourth-order valence-electron chi connectivity index (χ4n) is 0. The molecule has 0 nitrogen and oxygen atoms in total. The van der Waals surface area contributed by atoms with Gasteiger partial charge < -0.3 is 0 Å². The summed E-state index contributed by atoms with van der Waals surface area (Å²) in [4.78, 5) is 0. The maximum Gasteiger partial charge on any atom is 0 e.